The summed E-state index contributed by atoms with van der Waals surface area (Å²) < 4.78 is 0. The number of rotatable bonds is 4. The van der Waals surface area contributed by atoms with E-state index in [1.807, 2.05) is 0 Å². The third kappa shape index (κ3) is 2.89. The Kier molecular flexibility index (Phi) is 3.90. The predicted octanol–water partition coefficient (Wildman–Crippen LogP) is 3.29. The molecule has 0 saturated carbocycles. The lowest BCUT2D eigenvalue weighted by atomic mass is 10.2. The Labute approximate surface area is 114 Å². The second-order valence-electron chi connectivity index (χ2n) is 3.93. The molecule has 0 spiro atoms. The number of aromatic hydroxyl groups is 2. The molecule has 7 nitrogen and oxygen atoms in total. The molecular formula is C13H11N3O4. The van der Waals surface area contributed by atoms with Gasteiger partial charge in [-0.15, -0.1) is 5.11 Å². The minimum atomic E-state index is -0.541. The highest BCUT2D eigenvalue weighted by molar-refractivity contribution is 5.56. The van der Waals surface area contributed by atoms with Crippen LogP contribution in [0.25, 0.3) is 0 Å². The molecule has 20 heavy (non-hydrogen) atoms. The monoisotopic (exact) mass is 273 g/mol. The van der Waals surface area contributed by atoms with Crippen LogP contribution >= 0.6 is 0 Å². The lowest BCUT2D eigenvalue weighted by molar-refractivity contribution is -0.384. The first-order valence-electron chi connectivity index (χ1n) is 5.70. The predicted molar refractivity (Wildman–Crippen MR) is 71.1 cm³/mol. The first-order valence-corrected chi connectivity index (χ1v) is 5.70. The number of nitro groups is 1. The molecule has 0 fully saturated rings. The van der Waals surface area contributed by atoms with Crippen molar-refractivity contribution >= 4 is 11.4 Å². The number of nitro benzene ring substituents is 1. The number of phenolic OH excluding ortho intramolecular Hbond substituents is 2. The number of nitrogens with zero attached hydrogens (tertiary/aromatic N) is 3. The zero-order valence-corrected chi connectivity index (χ0v) is 10.3. The summed E-state index contributed by atoms with van der Waals surface area (Å²) in [5.74, 6) is -0.516. The highest BCUT2D eigenvalue weighted by atomic mass is 16.6. The quantitative estimate of drug-likeness (QED) is 0.385. The van der Waals surface area contributed by atoms with Crippen molar-refractivity contribution in [2.24, 2.45) is 10.2 Å². The van der Waals surface area contributed by atoms with Crippen molar-refractivity contribution in [3.05, 3.63) is 58.1 Å². The summed E-state index contributed by atoms with van der Waals surface area (Å²) in [4.78, 5) is 10.2. The largest absolute Gasteiger partial charge is 0.504 e. The molecule has 2 aromatic carbocycles. The van der Waals surface area contributed by atoms with Gasteiger partial charge in [0.05, 0.1) is 11.5 Å². The van der Waals surface area contributed by atoms with Gasteiger partial charge in [0.25, 0.3) is 5.69 Å². The van der Waals surface area contributed by atoms with E-state index in [2.05, 4.69) is 10.2 Å². The van der Waals surface area contributed by atoms with Crippen LogP contribution in [0.5, 0.6) is 11.5 Å². The van der Waals surface area contributed by atoms with Crippen molar-refractivity contribution in [1.82, 2.24) is 0 Å². The maximum absolute atomic E-state index is 10.8. The van der Waals surface area contributed by atoms with Crippen molar-refractivity contribution in [1.29, 1.82) is 0 Å². The Morgan fingerprint density at radius 1 is 1.10 bits per heavy atom. The van der Waals surface area contributed by atoms with Crippen LogP contribution in [0.4, 0.5) is 11.4 Å². The van der Waals surface area contributed by atoms with E-state index in [0.29, 0.717) is 5.56 Å². The van der Waals surface area contributed by atoms with E-state index >= 15 is 0 Å². The fourth-order valence-electron chi connectivity index (χ4n) is 1.60. The van der Waals surface area contributed by atoms with Crippen LogP contribution in [0.3, 0.4) is 0 Å². The van der Waals surface area contributed by atoms with Crippen LogP contribution in [0.15, 0.2) is 52.7 Å². The lowest BCUT2D eigenvalue weighted by Gasteiger charge is -2.02. The van der Waals surface area contributed by atoms with Gasteiger partial charge in [0.2, 0.25) is 0 Å². The Hall–Kier alpha value is -2.96. The number of phenols is 2. The molecule has 0 saturated heterocycles. The molecule has 0 heterocycles. The number of para-hydroxylation sites is 2. The molecule has 0 aromatic heterocycles. The minimum absolute atomic E-state index is 0.00623. The van der Waals surface area contributed by atoms with E-state index < -0.39 is 4.92 Å². The van der Waals surface area contributed by atoms with E-state index in [1.165, 1.54) is 24.3 Å². The van der Waals surface area contributed by atoms with Crippen molar-refractivity contribution in [3.63, 3.8) is 0 Å². The SMILES string of the molecule is O=[N+]([O-])c1ccccc1N=NCc1cccc(O)c1O. The summed E-state index contributed by atoms with van der Waals surface area (Å²) in [6, 6.07) is 10.5. The molecule has 0 atom stereocenters. The van der Waals surface area contributed by atoms with E-state index in [0.717, 1.165) is 0 Å². The maximum Gasteiger partial charge on any atom is 0.296 e. The van der Waals surface area contributed by atoms with Crippen LogP contribution in [-0.4, -0.2) is 15.1 Å². The van der Waals surface area contributed by atoms with E-state index in [-0.39, 0.29) is 29.4 Å². The topological polar surface area (TPSA) is 108 Å². The van der Waals surface area contributed by atoms with Crippen molar-refractivity contribution in [2.45, 2.75) is 6.54 Å². The number of benzene rings is 2. The molecular weight excluding hydrogens is 262 g/mol. The molecule has 0 aliphatic carbocycles. The summed E-state index contributed by atoms with van der Waals surface area (Å²) in [7, 11) is 0. The molecule has 2 aromatic rings. The molecule has 0 amide bonds. The van der Waals surface area contributed by atoms with Crippen molar-refractivity contribution in [3.8, 4) is 11.5 Å². The molecule has 102 valence electrons. The second kappa shape index (κ2) is 5.79. The standard InChI is InChI=1S/C13H11N3O4/c17-12-7-3-4-9(13(12)18)8-14-15-10-5-1-2-6-11(10)16(19)20/h1-7,17-18H,8H2. The van der Waals surface area contributed by atoms with E-state index in [4.69, 9.17) is 0 Å². The summed E-state index contributed by atoms with van der Waals surface area (Å²) in [6.07, 6.45) is 0. The average Bonchev–Trinajstić information content (AvgIpc) is 2.44. The second-order valence-corrected chi connectivity index (χ2v) is 3.93. The van der Waals surface area contributed by atoms with Gasteiger partial charge in [0.1, 0.15) is 0 Å². The van der Waals surface area contributed by atoms with Crippen LogP contribution < -0.4 is 0 Å². The minimum Gasteiger partial charge on any atom is -0.504 e. The number of azo groups is 1. The smallest absolute Gasteiger partial charge is 0.296 e. The summed E-state index contributed by atoms with van der Waals surface area (Å²) in [5, 5.41) is 37.3. The van der Waals surface area contributed by atoms with Gasteiger partial charge in [0, 0.05) is 11.6 Å². The number of hydrogen-bond donors (Lipinski definition) is 2. The van der Waals surface area contributed by atoms with E-state index in [9.17, 15) is 20.3 Å². The zero-order valence-electron chi connectivity index (χ0n) is 10.3. The summed E-state index contributed by atoms with van der Waals surface area (Å²) in [6.45, 7) is 0.00623. The Bertz CT molecular complexity index is 670. The van der Waals surface area contributed by atoms with Crippen LogP contribution in [0.1, 0.15) is 5.56 Å². The maximum atomic E-state index is 10.8. The highest BCUT2D eigenvalue weighted by Gasteiger charge is 2.11. The molecule has 7 heteroatoms. The first-order chi connectivity index (χ1) is 9.59. The van der Waals surface area contributed by atoms with Crippen LogP contribution in [0, 0.1) is 10.1 Å². The van der Waals surface area contributed by atoms with E-state index in [1.54, 1.807) is 18.2 Å². The van der Waals surface area contributed by atoms with Crippen LogP contribution in [0.2, 0.25) is 0 Å². The van der Waals surface area contributed by atoms with Crippen molar-refractivity contribution < 1.29 is 15.1 Å². The fraction of sp³-hybridized carbons (Fsp3) is 0.0769. The molecule has 0 aliphatic rings. The normalized spacial score (nSPS) is 10.8. The van der Waals surface area contributed by atoms with Gasteiger partial charge >= 0.3 is 0 Å². The molecule has 2 N–H and O–H groups in total. The Balaban J connectivity index is 2.19. The molecule has 0 unspecified atom stereocenters. The third-order valence-electron chi connectivity index (χ3n) is 2.60. The molecule has 0 radical (unpaired) electrons. The van der Waals surface area contributed by atoms with Gasteiger partial charge < -0.3 is 10.2 Å². The Morgan fingerprint density at radius 3 is 2.60 bits per heavy atom. The van der Waals surface area contributed by atoms with Gasteiger partial charge in [-0.25, -0.2) is 0 Å². The van der Waals surface area contributed by atoms with Crippen LogP contribution in [-0.2, 0) is 6.54 Å². The number of hydrogen-bond acceptors (Lipinski definition) is 6. The molecule has 0 aliphatic heterocycles. The third-order valence-corrected chi connectivity index (χ3v) is 2.60. The van der Waals surface area contributed by atoms with Gasteiger partial charge in [-0.05, 0) is 12.1 Å². The molecule has 0 bridgehead atoms. The lowest BCUT2D eigenvalue weighted by Crippen LogP contribution is -1.87. The van der Waals surface area contributed by atoms with Crippen molar-refractivity contribution in [2.75, 3.05) is 0 Å². The fourth-order valence-corrected chi connectivity index (χ4v) is 1.60. The zero-order chi connectivity index (χ0) is 14.5. The average molecular weight is 273 g/mol. The van der Waals surface area contributed by atoms with Gasteiger partial charge in [-0.2, -0.15) is 5.11 Å². The van der Waals surface area contributed by atoms with Gasteiger partial charge in [-0.1, -0.05) is 24.3 Å². The molecule has 2 rings (SSSR count). The van der Waals surface area contributed by atoms with Gasteiger partial charge in [0.15, 0.2) is 17.2 Å². The summed E-state index contributed by atoms with van der Waals surface area (Å²) in [5.41, 5.74) is 0.376. The van der Waals surface area contributed by atoms with Gasteiger partial charge in [-0.3, -0.25) is 10.1 Å². The Morgan fingerprint density at radius 2 is 1.85 bits per heavy atom. The summed E-state index contributed by atoms with van der Waals surface area (Å²) >= 11 is 0. The highest BCUT2D eigenvalue weighted by Crippen LogP contribution is 2.30. The first kappa shape index (κ1) is 13.5.